The van der Waals surface area contributed by atoms with E-state index in [-0.39, 0.29) is 0 Å². The molecule has 2 N–H and O–H groups in total. The summed E-state index contributed by atoms with van der Waals surface area (Å²) in [7, 11) is 0. The third-order valence-corrected chi connectivity index (χ3v) is 8.32. The fourth-order valence-corrected chi connectivity index (χ4v) is 5.60. The maximum Gasteiger partial charge on any atom is 0.207 e. The highest BCUT2D eigenvalue weighted by atomic mass is 16.1. The van der Waals surface area contributed by atoms with Crippen LogP contribution >= 0.6 is 0 Å². The minimum absolute atomic E-state index is 0.720. The summed E-state index contributed by atoms with van der Waals surface area (Å²) >= 11 is 0. The zero-order valence-corrected chi connectivity index (χ0v) is 27.8. The molecule has 0 atom stereocenters. The predicted molar refractivity (Wildman–Crippen MR) is 178 cm³/mol. The van der Waals surface area contributed by atoms with E-state index in [1.807, 2.05) is 0 Å². The number of hydrogen-bond donors (Lipinski definition) is 2. The van der Waals surface area contributed by atoms with E-state index in [2.05, 4.69) is 41.2 Å². The molecule has 0 aromatic heterocycles. The number of nitrogens with one attached hydrogen (secondary N) is 2. The predicted octanol–water partition coefficient (Wildman–Crippen LogP) is 8.57. The average molecular weight is 567 g/mol. The van der Waals surface area contributed by atoms with Crippen molar-refractivity contribution in [2.24, 2.45) is 0 Å². The number of hydrogen-bond acceptors (Lipinski definition) is 4. The van der Waals surface area contributed by atoms with Crippen molar-refractivity contribution in [1.29, 1.82) is 0 Å². The van der Waals surface area contributed by atoms with Crippen LogP contribution in [0, 0.1) is 0 Å². The molecule has 0 saturated heterocycles. The first kappa shape index (κ1) is 39.4. The van der Waals surface area contributed by atoms with Crippen LogP contribution in [-0.2, 0) is 4.79 Å². The van der Waals surface area contributed by atoms with Crippen molar-refractivity contribution in [1.82, 2.24) is 20.4 Å². The van der Waals surface area contributed by atoms with E-state index in [4.69, 9.17) is 0 Å². The smallest absolute Gasteiger partial charge is 0.207 e. The molecule has 0 rings (SSSR count). The fraction of sp³-hybridized carbons (Fsp3) is 0.971. The van der Waals surface area contributed by atoms with Gasteiger partial charge in [0, 0.05) is 26.2 Å². The molecule has 5 nitrogen and oxygen atoms in total. The van der Waals surface area contributed by atoms with Gasteiger partial charge in [-0.15, -0.1) is 0 Å². The number of unbranched alkanes of at least 4 members (excludes halogenated alkanes) is 18. The van der Waals surface area contributed by atoms with Crippen LogP contribution in [0.1, 0.15) is 162 Å². The third-order valence-electron chi connectivity index (χ3n) is 8.32. The Hall–Kier alpha value is -0.650. The Balaban J connectivity index is 4.57. The van der Waals surface area contributed by atoms with Gasteiger partial charge >= 0.3 is 0 Å². The largest absolute Gasteiger partial charge is 0.357 e. The van der Waals surface area contributed by atoms with Gasteiger partial charge in [0.05, 0.1) is 0 Å². The van der Waals surface area contributed by atoms with Crippen LogP contribution in [-0.4, -0.2) is 75.1 Å². The number of carbonyl (C=O) groups excluding carboxylic acids is 1. The van der Waals surface area contributed by atoms with Crippen molar-refractivity contribution >= 4 is 6.41 Å². The number of rotatable bonds is 35. The van der Waals surface area contributed by atoms with Crippen molar-refractivity contribution in [3.8, 4) is 0 Å². The van der Waals surface area contributed by atoms with E-state index in [9.17, 15) is 4.79 Å². The lowest BCUT2D eigenvalue weighted by Gasteiger charge is -2.28. The lowest BCUT2D eigenvalue weighted by Crippen LogP contribution is -2.38. The molecular formula is C35H74N4O. The number of nitrogens with zero attached hydrogens (tertiary/aromatic N) is 2. The lowest BCUT2D eigenvalue weighted by molar-refractivity contribution is -0.109. The van der Waals surface area contributed by atoms with Crippen molar-refractivity contribution in [2.45, 2.75) is 162 Å². The standard InChI is InChI=1S/C35H74N4O/c1-4-7-10-13-16-19-22-29-38(30-23-20-17-14-11-8-5-2)33-34-39(31-24-21-18-15-12-9-6-3)32-25-26-36-27-28-37-35-40/h35-36H,4-34H2,1-3H3,(H,37,40). The highest BCUT2D eigenvalue weighted by Gasteiger charge is 2.10. The van der Waals surface area contributed by atoms with Gasteiger partial charge in [0.2, 0.25) is 6.41 Å². The van der Waals surface area contributed by atoms with Gasteiger partial charge in [0.1, 0.15) is 0 Å². The molecule has 240 valence electrons. The molecule has 0 unspecified atom stereocenters. The fourth-order valence-electron chi connectivity index (χ4n) is 5.60. The van der Waals surface area contributed by atoms with Crippen molar-refractivity contribution in [3.63, 3.8) is 0 Å². The highest BCUT2D eigenvalue weighted by Crippen LogP contribution is 2.11. The maximum absolute atomic E-state index is 10.4. The van der Waals surface area contributed by atoms with Crippen LogP contribution in [0.5, 0.6) is 0 Å². The summed E-state index contributed by atoms with van der Waals surface area (Å²) in [6.07, 6.45) is 31.3. The quantitative estimate of drug-likeness (QED) is 0.0596. The van der Waals surface area contributed by atoms with E-state index in [0.29, 0.717) is 0 Å². The van der Waals surface area contributed by atoms with Crippen LogP contribution in [0.3, 0.4) is 0 Å². The first-order valence-corrected chi connectivity index (χ1v) is 18.1. The van der Waals surface area contributed by atoms with Gasteiger partial charge in [-0.1, -0.05) is 136 Å². The molecule has 0 aromatic rings. The summed E-state index contributed by atoms with van der Waals surface area (Å²) in [5.74, 6) is 0. The summed E-state index contributed by atoms with van der Waals surface area (Å²) in [5.41, 5.74) is 0. The molecule has 0 aromatic carbocycles. The van der Waals surface area contributed by atoms with E-state index >= 15 is 0 Å². The van der Waals surface area contributed by atoms with Crippen molar-refractivity contribution in [2.75, 3.05) is 58.9 Å². The van der Waals surface area contributed by atoms with Crippen LogP contribution in [0.4, 0.5) is 0 Å². The van der Waals surface area contributed by atoms with Gasteiger partial charge in [-0.05, 0) is 58.4 Å². The van der Waals surface area contributed by atoms with Crippen LogP contribution < -0.4 is 10.6 Å². The number of carbonyl (C=O) groups is 1. The molecule has 0 spiro atoms. The second-order valence-electron chi connectivity index (χ2n) is 12.2. The van der Waals surface area contributed by atoms with Gasteiger partial charge in [-0.3, -0.25) is 4.79 Å². The molecule has 0 bridgehead atoms. The Morgan fingerprint density at radius 2 is 0.750 bits per heavy atom. The van der Waals surface area contributed by atoms with E-state index in [0.717, 1.165) is 26.0 Å². The van der Waals surface area contributed by atoms with Gasteiger partial charge in [-0.2, -0.15) is 0 Å². The highest BCUT2D eigenvalue weighted by molar-refractivity contribution is 5.45. The molecule has 0 aliphatic rings. The molecule has 0 aliphatic carbocycles. The Morgan fingerprint density at radius 1 is 0.400 bits per heavy atom. The molecule has 0 fully saturated rings. The van der Waals surface area contributed by atoms with Crippen LogP contribution in [0.25, 0.3) is 0 Å². The van der Waals surface area contributed by atoms with Gasteiger partial charge < -0.3 is 20.4 Å². The second kappa shape index (κ2) is 34.6. The first-order chi connectivity index (χ1) is 19.8. The molecule has 0 saturated carbocycles. The Kier molecular flexibility index (Phi) is 34.0. The van der Waals surface area contributed by atoms with E-state index in [1.165, 1.54) is 181 Å². The third kappa shape index (κ3) is 30.3. The van der Waals surface area contributed by atoms with Crippen molar-refractivity contribution in [3.05, 3.63) is 0 Å². The summed E-state index contributed by atoms with van der Waals surface area (Å²) in [4.78, 5) is 16.0. The Labute approximate surface area is 252 Å². The Morgan fingerprint density at radius 3 is 1.12 bits per heavy atom. The molecule has 0 aliphatic heterocycles. The van der Waals surface area contributed by atoms with Gasteiger partial charge in [-0.25, -0.2) is 0 Å². The molecule has 1 amide bonds. The summed E-state index contributed by atoms with van der Waals surface area (Å²) in [5, 5.41) is 6.22. The van der Waals surface area contributed by atoms with E-state index < -0.39 is 0 Å². The summed E-state index contributed by atoms with van der Waals surface area (Å²) in [6, 6.07) is 0. The molecule has 0 heterocycles. The zero-order chi connectivity index (χ0) is 29.2. The van der Waals surface area contributed by atoms with Crippen molar-refractivity contribution < 1.29 is 4.79 Å². The first-order valence-electron chi connectivity index (χ1n) is 18.1. The SMILES string of the molecule is CCCCCCCCCN(CCCCCCCCC)CCN(CCCCCCCCC)CCCNCCNC=O. The Bertz CT molecular complexity index is 458. The number of amides is 1. The minimum atomic E-state index is 0.720. The summed E-state index contributed by atoms with van der Waals surface area (Å²) in [6.45, 7) is 17.0. The van der Waals surface area contributed by atoms with E-state index in [1.54, 1.807) is 0 Å². The van der Waals surface area contributed by atoms with Gasteiger partial charge in [0.15, 0.2) is 0 Å². The molecular weight excluding hydrogens is 492 g/mol. The summed E-state index contributed by atoms with van der Waals surface area (Å²) < 4.78 is 0. The zero-order valence-electron chi connectivity index (χ0n) is 27.8. The van der Waals surface area contributed by atoms with Crippen LogP contribution in [0.15, 0.2) is 0 Å². The molecule has 0 radical (unpaired) electrons. The monoisotopic (exact) mass is 567 g/mol. The lowest BCUT2D eigenvalue weighted by atomic mass is 10.1. The van der Waals surface area contributed by atoms with Crippen LogP contribution in [0.2, 0.25) is 0 Å². The maximum atomic E-state index is 10.4. The topological polar surface area (TPSA) is 47.6 Å². The normalized spacial score (nSPS) is 11.6. The molecule has 5 heteroatoms. The second-order valence-corrected chi connectivity index (χ2v) is 12.2. The molecule has 40 heavy (non-hydrogen) atoms. The minimum Gasteiger partial charge on any atom is -0.357 e. The average Bonchev–Trinajstić information content (AvgIpc) is 2.96. The van der Waals surface area contributed by atoms with Gasteiger partial charge in [0.25, 0.3) is 0 Å².